The number of anilines is 1. The van der Waals surface area contributed by atoms with Crippen molar-refractivity contribution in [1.29, 1.82) is 0 Å². The molecule has 31 heavy (non-hydrogen) atoms. The van der Waals surface area contributed by atoms with E-state index in [2.05, 4.69) is 9.88 Å². The summed E-state index contributed by atoms with van der Waals surface area (Å²) in [5.41, 5.74) is 0.825. The fourth-order valence-corrected chi connectivity index (χ4v) is 7.68. The number of benzene rings is 1. The van der Waals surface area contributed by atoms with Crippen molar-refractivity contribution in [2.75, 3.05) is 31.6 Å². The largest absolute Gasteiger partial charge is 0.494 e. The van der Waals surface area contributed by atoms with Crippen LogP contribution >= 0.6 is 22.7 Å². The topological polar surface area (TPSA) is 89.0 Å². The standard InChI is InChI=1S/C20H21N3O5S3/c1-27-15-6-2-7-16-18(15)21-20(30-16)22-11-13(12-22)28-19(24)14-5-3-9-23(14)31(25,26)17-8-4-10-29-17/h2,4,6-8,10,13-14H,3,5,9,11-12H2,1H3. The summed E-state index contributed by atoms with van der Waals surface area (Å²) in [5, 5.41) is 2.58. The minimum Gasteiger partial charge on any atom is -0.494 e. The molecule has 2 saturated heterocycles. The van der Waals surface area contributed by atoms with Gasteiger partial charge in [-0.3, -0.25) is 4.79 Å². The molecule has 0 aliphatic carbocycles. The Morgan fingerprint density at radius 2 is 2.06 bits per heavy atom. The molecule has 0 bridgehead atoms. The van der Waals surface area contributed by atoms with Gasteiger partial charge in [0.2, 0.25) is 0 Å². The summed E-state index contributed by atoms with van der Waals surface area (Å²) < 4.78 is 39.3. The third kappa shape index (κ3) is 3.69. The first kappa shape index (κ1) is 20.7. The van der Waals surface area contributed by atoms with E-state index in [4.69, 9.17) is 9.47 Å². The molecule has 4 heterocycles. The van der Waals surface area contributed by atoms with Crippen LogP contribution < -0.4 is 9.64 Å². The highest BCUT2D eigenvalue weighted by atomic mass is 32.2. The summed E-state index contributed by atoms with van der Waals surface area (Å²) in [6.45, 7) is 1.42. The molecule has 8 nitrogen and oxygen atoms in total. The number of carbonyl (C=O) groups is 1. The second-order valence-corrected chi connectivity index (χ2v) is 11.5. The molecule has 5 rings (SSSR count). The maximum absolute atomic E-state index is 12.9. The average Bonchev–Trinajstić information content (AvgIpc) is 3.49. The fourth-order valence-electron chi connectivity index (χ4n) is 3.91. The molecule has 1 unspecified atom stereocenters. The Balaban J connectivity index is 1.23. The van der Waals surface area contributed by atoms with Gasteiger partial charge >= 0.3 is 5.97 Å². The van der Waals surface area contributed by atoms with Crippen molar-refractivity contribution in [3.63, 3.8) is 0 Å². The van der Waals surface area contributed by atoms with E-state index in [0.29, 0.717) is 32.5 Å². The number of aromatic nitrogens is 1. The van der Waals surface area contributed by atoms with Crippen LogP contribution in [-0.2, 0) is 19.6 Å². The van der Waals surface area contributed by atoms with Gasteiger partial charge < -0.3 is 14.4 Å². The number of fused-ring (bicyclic) bond motifs is 1. The maximum Gasteiger partial charge on any atom is 0.324 e. The molecular formula is C20H21N3O5S3. The Bertz CT molecular complexity index is 1200. The molecule has 2 aromatic heterocycles. The van der Waals surface area contributed by atoms with E-state index in [1.54, 1.807) is 36.0 Å². The van der Waals surface area contributed by atoms with Crippen LogP contribution in [0.2, 0.25) is 0 Å². The number of sulfonamides is 1. The Morgan fingerprint density at radius 1 is 1.23 bits per heavy atom. The van der Waals surface area contributed by atoms with Crippen LogP contribution in [0.25, 0.3) is 10.2 Å². The molecule has 2 fully saturated rings. The zero-order valence-electron chi connectivity index (χ0n) is 16.8. The number of esters is 1. The van der Waals surface area contributed by atoms with Crippen LogP contribution in [0.4, 0.5) is 5.13 Å². The number of thiazole rings is 1. The number of thiophene rings is 1. The van der Waals surface area contributed by atoms with Gasteiger partial charge in [0, 0.05) is 6.54 Å². The molecular weight excluding hydrogens is 458 g/mol. The summed E-state index contributed by atoms with van der Waals surface area (Å²) in [6, 6.07) is 8.32. The number of rotatable bonds is 6. The first-order valence-electron chi connectivity index (χ1n) is 9.91. The molecule has 164 valence electrons. The average molecular weight is 480 g/mol. The Labute approximate surface area is 188 Å². The molecule has 0 saturated carbocycles. The lowest BCUT2D eigenvalue weighted by Gasteiger charge is -2.38. The van der Waals surface area contributed by atoms with Crippen LogP contribution in [0.5, 0.6) is 5.75 Å². The monoisotopic (exact) mass is 479 g/mol. The SMILES string of the molecule is COc1cccc2sc(N3CC(OC(=O)C4CCCN4S(=O)(=O)c4cccs4)C3)nc12. The minimum absolute atomic E-state index is 0.258. The molecule has 0 radical (unpaired) electrons. The van der Waals surface area contributed by atoms with Gasteiger partial charge in [-0.1, -0.05) is 23.5 Å². The summed E-state index contributed by atoms with van der Waals surface area (Å²) in [7, 11) is -2.05. The van der Waals surface area contributed by atoms with Crippen LogP contribution in [0, 0.1) is 0 Å². The molecule has 0 spiro atoms. The predicted molar refractivity (Wildman–Crippen MR) is 119 cm³/mol. The van der Waals surface area contributed by atoms with Crippen molar-refractivity contribution in [3.8, 4) is 5.75 Å². The summed E-state index contributed by atoms with van der Waals surface area (Å²) in [4.78, 5) is 19.5. The minimum atomic E-state index is -3.67. The highest BCUT2D eigenvalue weighted by Crippen LogP contribution is 2.36. The zero-order valence-corrected chi connectivity index (χ0v) is 19.2. The van der Waals surface area contributed by atoms with Crippen molar-refractivity contribution in [1.82, 2.24) is 9.29 Å². The van der Waals surface area contributed by atoms with Crippen molar-refractivity contribution in [3.05, 3.63) is 35.7 Å². The van der Waals surface area contributed by atoms with Gasteiger partial charge in [-0.15, -0.1) is 11.3 Å². The van der Waals surface area contributed by atoms with Crippen molar-refractivity contribution < 1.29 is 22.7 Å². The summed E-state index contributed by atoms with van der Waals surface area (Å²) in [5.74, 6) is 0.269. The Kier molecular flexibility index (Phi) is 5.37. The molecule has 3 aromatic rings. The third-order valence-electron chi connectivity index (χ3n) is 5.53. The lowest BCUT2D eigenvalue weighted by molar-refractivity contribution is -0.154. The first-order valence-corrected chi connectivity index (χ1v) is 13.1. The quantitative estimate of drug-likeness (QED) is 0.502. The van der Waals surface area contributed by atoms with Gasteiger partial charge in [-0.25, -0.2) is 13.4 Å². The van der Waals surface area contributed by atoms with Crippen molar-refractivity contribution >= 4 is 54.0 Å². The normalized spacial score (nSPS) is 20.2. The summed E-state index contributed by atoms with van der Waals surface area (Å²) in [6.07, 6.45) is 0.861. The van der Waals surface area contributed by atoms with Gasteiger partial charge in [0.25, 0.3) is 10.0 Å². The number of nitrogens with zero attached hydrogens (tertiary/aromatic N) is 3. The van der Waals surface area contributed by atoms with E-state index in [0.717, 1.165) is 32.4 Å². The second kappa shape index (κ2) is 8.05. The van der Waals surface area contributed by atoms with Crippen LogP contribution in [0.15, 0.2) is 39.9 Å². The van der Waals surface area contributed by atoms with Crippen molar-refractivity contribution in [2.45, 2.75) is 29.2 Å². The highest BCUT2D eigenvalue weighted by molar-refractivity contribution is 7.91. The molecule has 1 aromatic carbocycles. The van der Waals surface area contributed by atoms with Crippen molar-refractivity contribution in [2.24, 2.45) is 0 Å². The lowest BCUT2D eigenvalue weighted by atomic mass is 10.2. The molecule has 0 amide bonds. The number of methoxy groups -OCH3 is 1. The maximum atomic E-state index is 12.9. The van der Waals surface area contributed by atoms with Gasteiger partial charge in [-0.2, -0.15) is 4.31 Å². The van der Waals surface area contributed by atoms with Gasteiger partial charge in [-0.05, 0) is 36.4 Å². The number of hydrogen-bond donors (Lipinski definition) is 0. The molecule has 11 heteroatoms. The molecule has 0 N–H and O–H groups in total. The zero-order chi connectivity index (χ0) is 21.6. The lowest BCUT2D eigenvalue weighted by Crippen LogP contribution is -2.54. The van der Waals surface area contributed by atoms with Gasteiger partial charge in [0.1, 0.15) is 27.6 Å². The Hall–Kier alpha value is -2.21. The van der Waals surface area contributed by atoms with Crippen LogP contribution in [0.1, 0.15) is 12.8 Å². The molecule has 2 aliphatic rings. The smallest absolute Gasteiger partial charge is 0.324 e. The third-order valence-corrected chi connectivity index (χ3v) is 9.89. The number of ether oxygens (including phenoxy) is 2. The van der Waals surface area contributed by atoms with E-state index in [1.807, 2.05) is 18.2 Å². The summed E-state index contributed by atoms with van der Waals surface area (Å²) >= 11 is 2.73. The number of hydrogen-bond acceptors (Lipinski definition) is 9. The second-order valence-electron chi connectivity index (χ2n) is 7.47. The van der Waals surface area contributed by atoms with Gasteiger partial charge in [0.15, 0.2) is 5.13 Å². The molecule has 1 atom stereocenters. The number of carbonyl (C=O) groups excluding carboxylic acids is 1. The predicted octanol–water partition coefficient (Wildman–Crippen LogP) is 2.95. The first-order chi connectivity index (χ1) is 15.0. The Morgan fingerprint density at radius 3 is 2.81 bits per heavy atom. The highest BCUT2D eigenvalue weighted by Gasteiger charge is 2.43. The van der Waals surface area contributed by atoms with E-state index in [9.17, 15) is 13.2 Å². The van der Waals surface area contributed by atoms with E-state index < -0.39 is 22.0 Å². The van der Waals surface area contributed by atoms with E-state index in [-0.39, 0.29) is 10.3 Å². The van der Waals surface area contributed by atoms with Crippen LogP contribution in [0.3, 0.4) is 0 Å². The van der Waals surface area contributed by atoms with E-state index in [1.165, 1.54) is 4.31 Å². The van der Waals surface area contributed by atoms with E-state index >= 15 is 0 Å². The van der Waals surface area contributed by atoms with Crippen LogP contribution in [-0.4, -0.2) is 62.6 Å². The fraction of sp³-hybridized carbons (Fsp3) is 0.400. The number of para-hydroxylation sites is 1. The van der Waals surface area contributed by atoms with Gasteiger partial charge in [0.05, 0.1) is 24.9 Å². The molecule has 2 aliphatic heterocycles.